The van der Waals surface area contributed by atoms with Crippen LogP contribution in [0.3, 0.4) is 0 Å². The molecule has 1 heterocycles. The van der Waals surface area contributed by atoms with Gasteiger partial charge in [0.25, 0.3) is 5.91 Å². The van der Waals surface area contributed by atoms with Crippen molar-refractivity contribution in [2.45, 2.75) is 0 Å². The monoisotopic (exact) mass is 277 g/mol. The SMILES string of the molecule is COc1cc(F)ccc1NC(=O)c1cnc(NN)cn1. The second-order valence-corrected chi connectivity index (χ2v) is 3.73. The molecule has 0 aliphatic heterocycles. The van der Waals surface area contributed by atoms with Crippen molar-refractivity contribution in [2.24, 2.45) is 5.84 Å². The molecule has 8 heteroatoms. The van der Waals surface area contributed by atoms with Crippen LogP contribution < -0.4 is 21.3 Å². The van der Waals surface area contributed by atoms with Gasteiger partial charge in [0.15, 0.2) is 5.82 Å². The lowest BCUT2D eigenvalue weighted by molar-refractivity contribution is 0.102. The maximum atomic E-state index is 13.0. The maximum Gasteiger partial charge on any atom is 0.275 e. The maximum absolute atomic E-state index is 13.0. The Kier molecular flexibility index (Phi) is 4.06. The number of hydrogen-bond donors (Lipinski definition) is 3. The van der Waals surface area contributed by atoms with Gasteiger partial charge >= 0.3 is 0 Å². The second-order valence-electron chi connectivity index (χ2n) is 3.73. The molecule has 0 spiro atoms. The number of carbonyl (C=O) groups excluding carboxylic acids is 1. The third-order valence-electron chi connectivity index (χ3n) is 2.44. The summed E-state index contributed by atoms with van der Waals surface area (Å²) >= 11 is 0. The molecule has 0 saturated heterocycles. The van der Waals surface area contributed by atoms with E-state index in [4.69, 9.17) is 10.6 Å². The first-order valence-electron chi connectivity index (χ1n) is 5.57. The average molecular weight is 277 g/mol. The van der Waals surface area contributed by atoms with Crippen molar-refractivity contribution in [3.8, 4) is 5.75 Å². The lowest BCUT2D eigenvalue weighted by Gasteiger charge is -2.09. The number of ether oxygens (including phenoxy) is 1. The van der Waals surface area contributed by atoms with E-state index in [1.165, 1.54) is 37.7 Å². The van der Waals surface area contributed by atoms with Crippen LogP contribution in [0.25, 0.3) is 0 Å². The summed E-state index contributed by atoms with van der Waals surface area (Å²) in [5, 5.41) is 2.56. The quantitative estimate of drug-likeness (QED) is 0.572. The fourth-order valence-electron chi connectivity index (χ4n) is 1.47. The number of hydrazine groups is 1. The number of amides is 1. The molecule has 1 aromatic carbocycles. The molecule has 0 saturated carbocycles. The third kappa shape index (κ3) is 2.98. The molecule has 0 fully saturated rings. The average Bonchev–Trinajstić information content (AvgIpc) is 2.49. The number of benzene rings is 1. The van der Waals surface area contributed by atoms with Gasteiger partial charge in [-0.2, -0.15) is 0 Å². The van der Waals surface area contributed by atoms with Crippen LogP contribution in [0.4, 0.5) is 15.9 Å². The summed E-state index contributed by atoms with van der Waals surface area (Å²) < 4.78 is 18.0. The minimum atomic E-state index is -0.494. The van der Waals surface area contributed by atoms with E-state index >= 15 is 0 Å². The van der Waals surface area contributed by atoms with Crippen molar-refractivity contribution in [1.29, 1.82) is 0 Å². The Balaban J connectivity index is 2.18. The Hall–Kier alpha value is -2.74. The molecule has 2 rings (SSSR count). The lowest BCUT2D eigenvalue weighted by Crippen LogP contribution is -2.16. The first-order chi connectivity index (χ1) is 9.63. The first kappa shape index (κ1) is 13.7. The highest BCUT2D eigenvalue weighted by Crippen LogP contribution is 2.25. The third-order valence-corrected chi connectivity index (χ3v) is 2.44. The Morgan fingerprint density at radius 2 is 2.15 bits per heavy atom. The van der Waals surface area contributed by atoms with E-state index in [1.807, 2.05) is 0 Å². The highest BCUT2D eigenvalue weighted by molar-refractivity contribution is 6.03. The summed E-state index contributed by atoms with van der Waals surface area (Å²) in [5.74, 6) is 4.74. The molecule has 0 bridgehead atoms. The Bertz CT molecular complexity index is 618. The van der Waals surface area contributed by atoms with Crippen molar-refractivity contribution in [2.75, 3.05) is 17.9 Å². The number of hydrogen-bond acceptors (Lipinski definition) is 6. The van der Waals surface area contributed by atoms with E-state index < -0.39 is 11.7 Å². The van der Waals surface area contributed by atoms with Gasteiger partial charge in [-0.25, -0.2) is 20.2 Å². The Morgan fingerprint density at radius 1 is 1.35 bits per heavy atom. The molecular weight excluding hydrogens is 265 g/mol. The number of halogens is 1. The largest absolute Gasteiger partial charge is 0.494 e. The van der Waals surface area contributed by atoms with E-state index in [9.17, 15) is 9.18 Å². The number of aromatic nitrogens is 2. The van der Waals surface area contributed by atoms with Crippen molar-refractivity contribution in [1.82, 2.24) is 9.97 Å². The fourth-order valence-corrected chi connectivity index (χ4v) is 1.47. The van der Waals surface area contributed by atoms with E-state index in [-0.39, 0.29) is 11.4 Å². The summed E-state index contributed by atoms with van der Waals surface area (Å²) in [6.45, 7) is 0. The number of methoxy groups -OCH3 is 1. The van der Waals surface area contributed by atoms with Crippen LogP contribution in [-0.2, 0) is 0 Å². The predicted octanol–water partition coefficient (Wildman–Crippen LogP) is 1.16. The number of nitrogens with zero attached hydrogens (tertiary/aromatic N) is 2. The molecule has 20 heavy (non-hydrogen) atoms. The van der Waals surface area contributed by atoms with Gasteiger partial charge in [0.2, 0.25) is 0 Å². The molecule has 4 N–H and O–H groups in total. The summed E-state index contributed by atoms with van der Waals surface area (Å²) in [4.78, 5) is 19.7. The topological polar surface area (TPSA) is 102 Å². The van der Waals surface area contributed by atoms with Crippen molar-refractivity contribution in [3.63, 3.8) is 0 Å². The van der Waals surface area contributed by atoms with E-state index in [0.29, 0.717) is 11.5 Å². The first-order valence-corrected chi connectivity index (χ1v) is 5.57. The standard InChI is InChI=1S/C12H12FN5O2/c1-20-10-4-7(13)2-3-8(10)17-12(19)9-5-16-11(18-14)6-15-9/h2-6H,14H2,1H3,(H,16,18)(H,17,19). The van der Waals surface area contributed by atoms with Gasteiger partial charge in [-0.05, 0) is 12.1 Å². The molecule has 0 aliphatic carbocycles. The summed E-state index contributed by atoms with van der Waals surface area (Å²) in [5.41, 5.74) is 2.73. The molecule has 0 atom stereocenters. The van der Waals surface area contributed by atoms with Crippen LogP contribution in [0.5, 0.6) is 5.75 Å². The van der Waals surface area contributed by atoms with Gasteiger partial charge in [0.1, 0.15) is 17.3 Å². The number of anilines is 2. The number of nitrogens with one attached hydrogen (secondary N) is 2. The van der Waals surface area contributed by atoms with Crippen LogP contribution in [0.2, 0.25) is 0 Å². The predicted molar refractivity (Wildman–Crippen MR) is 70.7 cm³/mol. The van der Waals surface area contributed by atoms with Gasteiger partial charge in [0, 0.05) is 6.07 Å². The number of carbonyl (C=O) groups is 1. The minimum Gasteiger partial charge on any atom is -0.494 e. The number of rotatable bonds is 4. The molecule has 0 aliphatic rings. The van der Waals surface area contributed by atoms with Gasteiger partial charge in [-0.15, -0.1) is 0 Å². The van der Waals surface area contributed by atoms with Gasteiger partial charge in [-0.3, -0.25) is 4.79 Å². The van der Waals surface area contributed by atoms with Crippen molar-refractivity contribution < 1.29 is 13.9 Å². The smallest absolute Gasteiger partial charge is 0.275 e. The zero-order chi connectivity index (χ0) is 14.5. The number of nitrogen functional groups attached to an aromatic ring is 1. The summed E-state index contributed by atoms with van der Waals surface area (Å²) in [6.07, 6.45) is 2.58. The van der Waals surface area contributed by atoms with Crippen LogP contribution >= 0.6 is 0 Å². The minimum absolute atomic E-state index is 0.0929. The zero-order valence-corrected chi connectivity index (χ0v) is 10.6. The second kappa shape index (κ2) is 5.93. The van der Waals surface area contributed by atoms with Gasteiger partial charge in [-0.1, -0.05) is 0 Å². The van der Waals surface area contributed by atoms with Crippen molar-refractivity contribution >= 4 is 17.4 Å². The molecule has 1 aromatic heterocycles. The van der Waals surface area contributed by atoms with Crippen LogP contribution in [0, 0.1) is 5.82 Å². The molecule has 0 unspecified atom stereocenters. The Morgan fingerprint density at radius 3 is 2.75 bits per heavy atom. The molecule has 7 nitrogen and oxygen atoms in total. The summed E-state index contributed by atoms with van der Waals surface area (Å²) in [7, 11) is 1.38. The molecule has 2 aromatic rings. The molecule has 104 valence electrons. The van der Waals surface area contributed by atoms with Crippen LogP contribution in [-0.4, -0.2) is 23.0 Å². The normalized spacial score (nSPS) is 9.95. The van der Waals surface area contributed by atoms with Gasteiger partial charge < -0.3 is 15.5 Å². The van der Waals surface area contributed by atoms with E-state index in [0.717, 1.165) is 0 Å². The fraction of sp³-hybridized carbons (Fsp3) is 0.0833. The Labute approximate surface area is 114 Å². The van der Waals surface area contributed by atoms with Crippen molar-refractivity contribution in [3.05, 3.63) is 42.1 Å². The summed E-state index contributed by atoms with van der Waals surface area (Å²) in [6, 6.07) is 3.78. The zero-order valence-electron chi connectivity index (χ0n) is 10.6. The van der Waals surface area contributed by atoms with Gasteiger partial charge in [0.05, 0.1) is 25.2 Å². The molecule has 0 radical (unpaired) electrons. The molecule has 1 amide bonds. The van der Waals surface area contributed by atoms with Crippen LogP contribution in [0.1, 0.15) is 10.5 Å². The van der Waals surface area contributed by atoms with E-state index in [1.54, 1.807) is 0 Å². The van der Waals surface area contributed by atoms with E-state index in [2.05, 4.69) is 20.7 Å². The highest BCUT2D eigenvalue weighted by atomic mass is 19.1. The highest BCUT2D eigenvalue weighted by Gasteiger charge is 2.12. The lowest BCUT2D eigenvalue weighted by atomic mass is 10.2. The van der Waals surface area contributed by atoms with Crippen LogP contribution in [0.15, 0.2) is 30.6 Å². The number of nitrogens with two attached hydrogens (primary N) is 1. The molecular formula is C12H12FN5O2.